The fourth-order valence-corrected chi connectivity index (χ4v) is 2.62. The summed E-state index contributed by atoms with van der Waals surface area (Å²) in [4.78, 5) is 25.7. The molecule has 0 unspecified atom stereocenters. The van der Waals surface area contributed by atoms with Gasteiger partial charge in [-0.15, -0.1) is 0 Å². The van der Waals surface area contributed by atoms with Gasteiger partial charge in [0.2, 0.25) is 11.8 Å². The topological polar surface area (TPSA) is 58.6 Å². The maximum absolute atomic E-state index is 12.3. The number of carbonyl (C=O) groups is 2. The SMILES string of the molecule is COc1ccc(NC(=O)CN(C)C(=O)Cc2ccc(Cl)cc2Cl)cc1. The van der Waals surface area contributed by atoms with E-state index in [1.54, 1.807) is 56.6 Å². The minimum absolute atomic E-state index is 0.0595. The first-order valence-electron chi connectivity index (χ1n) is 7.51. The summed E-state index contributed by atoms with van der Waals surface area (Å²) in [6, 6.07) is 11.9. The van der Waals surface area contributed by atoms with Gasteiger partial charge >= 0.3 is 0 Å². The molecule has 7 heteroatoms. The Bertz CT molecular complexity index is 763. The van der Waals surface area contributed by atoms with Gasteiger partial charge in [-0.1, -0.05) is 29.3 Å². The van der Waals surface area contributed by atoms with Gasteiger partial charge in [-0.2, -0.15) is 0 Å². The number of halogens is 2. The monoisotopic (exact) mass is 380 g/mol. The molecule has 0 saturated heterocycles. The van der Waals surface area contributed by atoms with Crippen molar-refractivity contribution in [2.45, 2.75) is 6.42 Å². The summed E-state index contributed by atoms with van der Waals surface area (Å²) in [6.45, 7) is -0.0595. The normalized spacial score (nSPS) is 10.2. The fourth-order valence-electron chi connectivity index (χ4n) is 2.14. The molecule has 2 amide bonds. The third-order valence-corrected chi connectivity index (χ3v) is 4.12. The van der Waals surface area contributed by atoms with Crippen molar-refractivity contribution in [3.05, 3.63) is 58.1 Å². The Morgan fingerprint density at radius 2 is 1.80 bits per heavy atom. The van der Waals surface area contributed by atoms with Gasteiger partial charge in [0.05, 0.1) is 20.1 Å². The molecule has 0 fully saturated rings. The number of nitrogens with one attached hydrogen (secondary N) is 1. The number of hydrogen-bond acceptors (Lipinski definition) is 3. The van der Waals surface area contributed by atoms with Crippen LogP contribution >= 0.6 is 23.2 Å². The number of anilines is 1. The molecule has 2 rings (SSSR count). The second-order valence-electron chi connectivity index (χ2n) is 5.44. The van der Waals surface area contributed by atoms with Crippen molar-refractivity contribution in [3.63, 3.8) is 0 Å². The zero-order chi connectivity index (χ0) is 18.4. The minimum atomic E-state index is -0.289. The highest BCUT2D eigenvalue weighted by molar-refractivity contribution is 6.35. The van der Waals surface area contributed by atoms with E-state index >= 15 is 0 Å². The standard InChI is InChI=1S/C18H18Cl2N2O3/c1-22(18(24)9-12-3-4-13(19)10-16(12)20)11-17(23)21-14-5-7-15(25-2)8-6-14/h3-8,10H,9,11H2,1-2H3,(H,21,23). The van der Waals surface area contributed by atoms with Crippen molar-refractivity contribution >= 4 is 40.7 Å². The van der Waals surface area contributed by atoms with Crippen LogP contribution < -0.4 is 10.1 Å². The van der Waals surface area contributed by atoms with Crippen molar-refractivity contribution < 1.29 is 14.3 Å². The Morgan fingerprint density at radius 3 is 2.40 bits per heavy atom. The zero-order valence-electron chi connectivity index (χ0n) is 13.9. The molecule has 2 aromatic rings. The summed E-state index contributed by atoms with van der Waals surface area (Å²) in [6.07, 6.45) is 0.0995. The average Bonchev–Trinajstić information content (AvgIpc) is 2.57. The summed E-state index contributed by atoms with van der Waals surface area (Å²) in [7, 11) is 3.14. The molecule has 1 N–H and O–H groups in total. The lowest BCUT2D eigenvalue weighted by Gasteiger charge is -2.17. The fraction of sp³-hybridized carbons (Fsp3) is 0.222. The molecular weight excluding hydrogens is 363 g/mol. The Hall–Kier alpha value is -2.24. The molecule has 0 aromatic heterocycles. The Labute approximate surface area is 156 Å². The first kappa shape index (κ1) is 19.1. The number of likely N-dealkylation sites (N-methyl/N-ethyl adjacent to an activating group) is 1. The first-order valence-corrected chi connectivity index (χ1v) is 8.26. The molecule has 0 saturated carbocycles. The second kappa shape index (κ2) is 8.74. The number of nitrogens with zero attached hydrogens (tertiary/aromatic N) is 1. The first-order chi connectivity index (χ1) is 11.9. The molecular formula is C18H18Cl2N2O3. The van der Waals surface area contributed by atoms with Crippen LogP contribution in [0, 0.1) is 0 Å². The van der Waals surface area contributed by atoms with Crippen molar-refractivity contribution in [3.8, 4) is 5.75 Å². The number of methoxy groups -OCH3 is 1. The summed E-state index contributed by atoms with van der Waals surface area (Å²) in [5.74, 6) is 0.197. The van der Waals surface area contributed by atoms with Gasteiger partial charge in [0, 0.05) is 22.8 Å². The van der Waals surface area contributed by atoms with Gasteiger partial charge in [-0.25, -0.2) is 0 Å². The number of ether oxygens (including phenoxy) is 1. The minimum Gasteiger partial charge on any atom is -0.497 e. The van der Waals surface area contributed by atoms with Gasteiger partial charge in [0.1, 0.15) is 5.75 Å². The van der Waals surface area contributed by atoms with Crippen molar-refractivity contribution in [2.75, 3.05) is 26.0 Å². The van der Waals surface area contributed by atoms with E-state index in [1.165, 1.54) is 4.90 Å². The van der Waals surface area contributed by atoms with E-state index in [4.69, 9.17) is 27.9 Å². The van der Waals surface area contributed by atoms with E-state index < -0.39 is 0 Å². The van der Waals surface area contributed by atoms with Crippen molar-refractivity contribution in [1.82, 2.24) is 4.90 Å². The predicted molar refractivity (Wildman–Crippen MR) is 99.4 cm³/mol. The molecule has 0 spiro atoms. The summed E-state index contributed by atoms with van der Waals surface area (Å²) < 4.78 is 5.06. The number of benzene rings is 2. The van der Waals surface area contributed by atoms with E-state index in [1.807, 2.05) is 0 Å². The average molecular weight is 381 g/mol. The number of hydrogen-bond donors (Lipinski definition) is 1. The quantitative estimate of drug-likeness (QED) is 0.831. The van der Waals surface area contributed by atoms with Crippen LogP contribution in [-0.4, -0.2) is 37.4 Å². The van der Waals surface area contributed by atoms with Gasteiger partial charge in [-0.3, -0.25) is 9.59 Å². The van der Waals surface area contributed by atoms with E-state index in [-0.39, 0.29) is 24.8 Å². The van der Waals surface area contributed by atoms with Gasteiger partial charge < -0.3 is 15.0 Å². The molecule has 0 bridgehead atoms. The van der Waals surface area contributed by atoms with Crippen LogP contribution in [0.5, 0.6) is 5.75 Å². The van der Waals surface area contributed by atoms with Gasteiger partial charge in [0.15, 0.2) is 0 Å². The van der Waals surface area contributed by atoms with E-state index in [0.717, 1.165) is 0 Å². The van der Waals surface area contributed by atoms with E-state index in [0.29, 0.717) is 27.0 Å². The third-order valence-electron chi connectivity index (χ3n) is 3.54. The van der Waals surface area contributed by atoms with Crippen LogP contribution in [0.15, 0.2) is 42.5 Å². The lowest BCUT2D eigenvalue weighted by molar-refractivity contribution is -0.132. The maximum atomic E-state index is 12.3. The van der Waals surface area contributed by atoms with Gasteiger partial charge in [-0.05, 0) is 42.0 Å². The van der Waals surface area contributed by atoms with Crippen LogP contribution in [0.25, 0.3) is 0 Å². The van der Waals surface area contributed by atoms with Gasteiger partial charge in [0.25, 0.3) is 0 Å². The number of amides is 2. The van der Waals surface area contributed by atoms with Crippen LogP contribution in [0.2, 0.25) is 10.0 Å². The number of rotatable bonds is 6. The zero-order valence-corrected chi connectivity index (χ0v) is 15.4. The van der Waals surface area contributed by atoms with Crippen LogP contribution in [0.4, 0.5) is 5.69 Å². The number of carbonyl (C=O) groups excluding carboxylic acids is 2. The second-order valence-corrected chi connectivity index (χ2v) is 6.28. The maximum Gasteiger partial charge on any atom is 0.243 e. The molecule has 0 aliphatic rings. The molecule has 5 nitrogen and oxygen atoms in total. The van der Waals surface area contributed by atoms with Crippen LogP contribution in [0.1, 0.15) is 5.56 Å². The smallest absolute Gasteiger partial charge is 0.243 e. The van der Waals surface area contributed by atoms with Crippen molar-refractivity contribution in [1.29, 1.82) is 0 Å². The lowest BCUT2D eigenvalue weighted by Crippen LogP contribution is -2.35. The Balaban J connectivity index is 1.89. The molecule has 2 aromatic carbocycles. The highest BCUT2D eigenvalue weighted by Crippen LogP contribution is 2.21. The van der Waals surface area contributed by atoms with Crippen LogP contribution in [-0.2, 0) is 16.0 Å². The molecule has 25 heavy (non-hydrogen) atoms. The molecule has 0 heterocycles. The summed E-state index contributed by atoms with van der Waals surface area (Å²) in [5, 5.41) is 3.67. The molecule has 0 aliphatic carbocycles. The summed E-state index contributed by atoms with van der Waals surface area (Å²) in [5.41, 5.74) is 1.30. The predicted octanol–water partition coefficient (Wildman–Crippen LogP) is 3.64. The Morgan fingerprint density at radius 1 is 1.12 bits per heavy atom. The summed E-state index contributed by atoms with van der Waals surface area (Å²) >= 11 is 11.9. The lowest BCUT2D eigenvalue weighted by atomic mass is 10.1. The molecule has 0 atom stereocenters. The van der Waals surface area contributed by atoms with E-state index in [2.05, 4.69) is 5.32 Å². The third kappa shape index (κ3) is 5.66. The van der Waals surface area contributed by atoms with E-state index in [9.17, 15) is 9.59 Å². The molecule has 132 valence electrons. The largest absolute Gasteiger partial charge is 0.497 e. The Kier molecular flexibility index (Phi) is 6.67. The molecule has 0 radical (unpaired) electrons. The van der Waals surface area contributed by atoms with Crippen molar-refractivity contribution in [2.24, 2.45) is 0 Å². The highest BCUT2D eigenvalue weighted by Gasteiger charge is 2.15. The molecule has 0 aliphatic heterocycles. The van der Waals surface area contributed by atoms with Crippen LogP contribution in [0.3, 0.4) is 0 Å². The highest BCUT2D eigenvalue weighted by atomic mass is 35.5.